The molecule has 4 heteroatoms. The van der Waals surface area contributed by atoms with Gasteiger partial charge < -0.3 is 5.32 Å². The highest BCUT2D eigenvalue weighted by molar-refractivity contribution is 9.10. The van der Waals surface area contributed by atoms with Crippen molar-refractivity contribution in [1.82, 2.24) is 5.32 Å². The topological polar surface area (TPSA) is 29.1 Å². The van der Waals surface area contributed by atoms with Crippen LogP contribution >= 0.6 is 27.5 Å². The molecule has 1 N–H and O–H groups in total. The van der Waals surface area contributed by atoms with E-state index < -0.39 is 0 Å². The van der Waals surface area contributed by atoms with Crippen molar-refractivity contribution in [3.05, 3.63) is 44.9 Å². The standard InChI is InChI=1S/C12H13BrClNO/c1-8(2)5-6-15-12(16)10-7-9(13)3-4-11(10)14/h3-5,7H,6H2,1-2H3,(H,15,16). The summed E-state index contributed by atoms with van der Waals surface area (Å²) in [5, 5.41) is 3.23. The van der Waals surface area contributed by atoms with E-state index in [4.69, 9.17) is 11.6 Å². The normalized spacial score (nSPS) is 9.75. The van der Waals surface area contributed by atoms with Gasteiger partial charge in [0.1, 0.15) is 0 Å². The van der Waals surface area contributed by atoms with Gasteiger partial charge in [0, 0.05) is 11.0 Å². The van der Waals surface area contributed by atoms with Gasteiger partial charge in [-0.2, -0.15) is 0 Å². The molecule has 0 saturated heterocycles. The van der Waals surface area contributed by atoms with Crippen molar-refractivity contribution in [3.63, 3.8) is 0 Å². The molecular weight excluding hydrogens is 289 g/mol. The average Bonchev–Trinajstić information content (AvgIpc) is 2.21. The quantitative estimate of drug-likeness (QED) is 0.846. The summed E-state index contributed by atoms with van der Waals surface area (Å²) in [6, 6.07) is 5.21. The molecule has 2 nitrogen and oxygen atoms in total. The Bertz CT molecular complexity index is 425. The Balaban J connectivity index is 2.73. The van der Waals surface area contributed by atoms with E-state index in [0.29, 0.717) is 17.1 Å². The lowest BCUT2D eigenvalue weighted by atomic mass is 10.2. The van der Waals surface area contributed by atoms with Crippen molar-refractivity contribution in [1.29, 1.82) is 0 Å². The highest BCUT2D eigenvalue weighted by Gasteiger charge is 2.09. The number of hydrogen-bond donors (Lipinski definition) is 1. The summed E-state index contributed by atoms with van der Waals surface area (Å²) < 4.78 is 0.837. The molecule has 1 rings (SSSR count). The number of carbonyl (C=O) groups is 1. The molecule has 0 atom stereocenters. The zero-order chi connectivity index (χ0) is 12.1. The molecular formula is C12H13BrClNO. The van der Waals surface area contributed by atoms with Crippen LogP contribution in [-0.2, 0) is 0 Å². The zero-order valence-corrected chi connectivity index (χ0v) is 11.5. The molecule has 1 aromatic carbocycles. The number of benzene rings is 1. The van der Waals surface area contributed by atoms with Crippen LogP contribution < -0.4 is 5.32 Å². The lowest BCUT2D eigenvalue weighted by molar-refractivity contribution is 0.0958. The van der Waals surface area contributed by atoms with Crippen LogP contribution in [0.4, 0.5) is 0 Å². The Morgan fingerprint density at radius 2 is 2.19 bits per heavy atom. The van der Waals surface area contributed by atoms with Crippen LogP contribution in [0.5, 0.6) is 0 Å². The first-order valence-corrected chi connectivity index (χ1v) is 6.04. The summed E-state index contributed by atoms with van der Waals surface area (Å²) >= 11 is 9.24. The predicted octanol–water partition coefficient (Wildman–Crippen LogP) is 3.80. The molecule has 0 heterocycles. The monoisotopic (exact) mass is 301 g/mol. The van der Waals surface area contributed by atoms with Gasteiger partial charge in [0.05, 0.1) is 10.6 Å². The lowest BCUT2D eigenvalue weighted by Gasteiger charge is -2.05. The minimum absolute atomic E-state index is 0.163. The van der Waals surface area contributed by atoms with Gasteiger partial charge in [-0.1, -0.05) is 39.2 Å². The van der Waals surface area contributed by atoms with E-state index in [9.17, 15) is 4.79 Å². The summed E-state index contributed by atoms with van der Waals surface area (Å²) in [5.41, 5.74) is 1.65. The molecule has 0 unspecified atom stereocenters. The van der Waals surface area contributed by atoms with Gasteiger partial charge in [-0.15, -0.1) is 0 Å². The number of rotatable bonds is 3. The first-order chi connectivity index (χ1) is 7.50. The van der Waals surface area contributed by atoms with Crippen LogP contribution in [0.15, 0.2) is 34.3 Å². The molecule has 1 amide bonds. The molecule has 0 radical (unpaired) electrons. The van der Waals surface area contributed by atoms with Gasteiger partial charge in [0.2, 0.25) is 0 Å². The third-order valence-electron chi connectivity index (χ3n) is 1.95. The van der Waals surface area contributed by atoms with Crippen LogP contribution in [0, 0.1) is 0 Å². The van der Waals surface area contributed by atoms with Crippen LogP contribution in [0.3, 0.4) is 0 Å². The number of hydrogen-bond acceptors (Lipinski definition) is 1. The maximum atomic E-state index is 11.8. The molecule has 0 saturated carbocycles. The molecule has 86 valence electrons. The van der Waals surface area contributed by atoms with Crippen LogP contribution in [0.2, 0.25) is 5.02 Å². The first-order valence-electron chi connectivity index (χ1n) is 4.87. The van der Waals surface area contributed by atoms with Gasteiger partial charge in [-0.05, 0) is 32.0 Å². The molecule has 0 fully saturated rings. The van der Waals surface area contributed by atoms with Crippen molar-refractivity contribution in [2.45, 2.75) is 13.8 Å². The van der Waals surface area contributed by atoms with E-state index in [0.717, 1.165) is 4.47 Å². The fraction of sp³-hybridized carbons (Fsp3) is 0.250. The summed E-state index contributed by atoms with van der Waals surface area (Å²) in [5.74, 6) is -0.163. The number of carbonyl (C=O) groups excluding carboxylic acids is 1. The van der Waals surface area contributed by atoms with Gasteiger partial charge in [0.15, 0.2) is 0 Å². The fourth-order valence-corrected chi connectivity index (χ4v) is 1.68. The Morgan fingerprint density at radius 1 is 1.50 bits per heavy atom. The van der Waals surface area contributed by atoms with Crippen molar-refractivity contribution < 1.29 is 4.79 Å². The second-order valence-electron chi connectivity index (χ2n) is 3.62. The Hall–Kier alpha value is -0.800. The largest absolute Gasteiger partial charge is 0.349 e. The van der Waals surface area contributed by atoms with E-state index in [1.807, 2.05) is 19.9 Å². The first kappa shape index (κ1) is 13.3. The molecule has 0 bridgehead atoms. The number of amides is 1. The number of nitrogens with one attached hydrogen (secondary N) is 1. The second kappa shape index (κ2) is 6.06. The van der Waals surface area contributed by atoms with E-state index in [1.165, 1.54) is 5.57 Å². The van der Waals surface area contributed by atoms with E-state index in [1.54, 1.807) is 18.2 Å². The van der Waals surface area contributed by atoms with Gasteiger partial charge in [-0.25, -0.2) is 0 Å². The minimum Gasteiger partial charge on any atom is -0.349 e. The van der Waals surface area contributed by atoms with E-state index in [-0.39, 0.29) is 5.91 Å². The summed E-state index contributed by atoms with van der Waals surface area (Å²) in [6.45, 7) is 4.49. The van der Waals surface area contributed by atoms with Crippen molar-refractivity contribution in [2.24, 2.45) is 0 Å². The van der Waals surface area contributed by atoms with Crippen LogP contribution in [0.25, 0.3) is 0 Å². The van der Waals surface area contributed by atoms with Crippen molar-refractivity contribution in [2.75, 3.05) is 6.54 Å². The summed E-state index contributed by atoms with van der Waals surface area (Å²) in [6.07, 6.45) is 1.95. The highest BCUT2D eigenvalue weighted by Crippen LogP contribution is 2.20. The van der Waals surface area contributed by atoms with Gasteiger partial charge in [-0.3, -0.25) is 4.79 Å². The third kappa shape index (κ3) is 3.99. The van der Waals surface area contributed by atoms with Crippen LogP contribution in [0.1, 0.15) is 24.2 Å². The maximum Gasteiger partial charge on any atom is 0.253 e. The van der Waals surface area contributed by atoms with Crippen molar-refractivity contribution in [3.8, 4) is 0 Å². The molecule has 0 aliphatic carbocycles. The second-order valence-corrected chi connectivity index (χ2v) is 4.94. The van der Waals surface area contributed by atoms with E-state index in [2.05, 4.69) is 21.2 Å². The molecule has 0 aliphatic rings. The van der Waals surface area contributed by atoms with Crippen LogP contribution in [-0.4, -0.2) is 12.5 Å². The number of allylic oxidation sites excluding steroid dienone is 1. The Kier molecular flexibility index (Phi) is 5.03. The third-order valence-corrected chi connectivity index (χ3v) is 2.77. The van der Waals surface area contributed by atoms with Crippen molar-refractivity contribution >= 4 is 33.4 Å². The molecule has 0 aromatic heterocycles. The Labute approximate surface area is 109 Å². The fourth-order valence-electron chi connectivity index (χ4n) is 1.11. The zero-order valence-electron chi connectivity index (χ0n) is 9.18. The van der Waals surface area contributed by atoms with Gasteiger partial charge >= 0.3 is 0 Å². The lowest BCUT2D eigenvalue weighted by Crippen LogP contribution is -2.23. The highest BCUT2D eigenvalue weighted by atomic mass is 79.9. The average molecular weight is 303 g/mol. The number of halogens is 2. The van der Waals surface area contributed by atoms with Gasteiger partial charge in [0.25, 0.3) is 5.91 Å². The molecule has 16 heavy (non-hydrogen) atoms. The smallest absolute Gasteiger partial charge is 0.253 e. The summed E-state index contributed by atoms with van der Waals surface area (Å²) in [7, 11) is 0. The molecule has 1 aromatic rings. The Morgan fingerprint density at radius 3 is 2.81 bits per heavy atom. The molecule has 0 spiro atoms. The minimum atomic E-state index is -0.163. The molecule has 0 aliphatic heterocycles. The SMILES string of the molecule is CC(C)=CCNC(=O)c1cc(Br)ccc1Cl. The predicted molar refractivity (Wildman–Crippen MR) is 70.9 cm³/mol. The maximum absolute atomic E-state index is 11.8. The summed E-state index contributed by atoms with van der Waals surface area (Å²) in [4.78, 5) is 11.8. The van der Waals surface area contributed by atoms with E-state index >= 15 is 0 Å².